The Kier molecular flexibility index (Phi) is 5.96. The summed E-state index contributed by atoms with van der Waals surface area (Å²) < 4.78 is 6.85. The highest BCUT2D eigenvalue weighted by atomic mass is 16.6. The fourth-order valence-electron chi connectivity index (χ4n) is 1.77. The maximum atomic E-state index is 11.9. The van der Waals surface area contributed by atoms with E-state index in [-0.39, 0.29) is 12.0 Å². The van der Waals surface area contributed by atoms with Crippen LogP contribution in [0.4, 0.5) is 10.6 Å². The summed E-state index contributed by atoms with van der Waals surface area (Å²) in [4.78, 5) is 11.9. The zero-order chi connectivity index (χ0) is 17.0. The first-order valence-electron chi connectivity index (χ1n) is 7.36. The number of hydrogen-bond acceptors (Lipinski definition) is 5. The molecule has 0 fully saturated rings. The minimum atomic E-state index is -0.549. The summed E-state index contributed by atoms with van der Waals surface area (Å²) in [6, 6.07) is 0. The summed E-state index contributed by atoms with van der Waals surface area (Å²) in [6.07, 6.45) is 1.19. The molecule has 0 aliphatic heterocycles. The van der Waals surface area contributed by atoms with Crippen molar-refractivity contribution in [2.24, 2.45) is 12.5 Å². The molecule has 126 valence electrons. The molecule has 0 saturated heterocycles. The number of carbonyl (C=O) groups excluding carboxylic acids is 1. The van der Waals surface area contributed by atoms with E-state index < -0.39 is 11.7 Å². The van der Waals surface area contributed by atoms with Crippen molar-refractivity contribution < 1.29 is 14.6 Å². The molecule has 7 heteroatoms. The first-order valence-corrected chi connectivity index (χ1v) is 7.36. The minimum absolute atomic E-state index is 0.107. The Hall–Kier alpha value is -1.60. The highest BCUT2D eigenvalue weighted by Gasteiger charge is 2.20. The maximum absolute atomic E-state index is 11.9. The number of nitrogens with zero attached hydrogens (tertiary/aromatic N) is 2. The van der Waals surface area contributed by atoms with Crippen LogP contribution in [0.25, 0.3) is 0 Å². The van der Waals surface area contributed by atoms with Gasteiger partial charge in [0.05, 0.1) is 6.20 Å². The smallest absolute Gasteiger partial charge is 0.413 e. The summed E-state index contributed by atoms with van der Waals surface area (Å²) in [5.74, 6) is 0.601. The second-order valence-corrected chi connectivity index (χ2v) is 7.19. The van der Waals surface area contributed by atoms with Crippen molar-refractivity contribution in [3.8, 4) is 0 Å². The van der Waals surface area contributed by atoms with Crippen LogP contribution >= 0.6 is 0 Å². The normalized spacial score (nSPS) is 12.3. The van der Waals surface area contributed by atoms with E-state index in [0.717, 1.165) is 5.56 Å². The number of nitrogens with one attached hydrogen (secondary N) is 2. The van der Waals surface area contributed by atoms with Gasteiger partial charge in [0, 0.05) is 37.7 Å². The molecule has 0 spiro atoms. The van der Waals surface area contributed by atoms with E-state index in [9.17, 15) is 9.90 Å². The molecule has 1 amide bonds. The SMILES string of the molecule is Cn1ncc(CNCC(C)(C)CO)c1NC(=O)OC(C)(C)C. The maximum Gasteiger partial charge on any atom is 0.413 e. The Labute approximate surface area is 132 Å². The number of aliphatic hydroxyl groups is 1. The van der Waals surface area contributed by atoms with Crippen molar-refractivity contribution in [2.75, 3.05) is 18.5 Å². The molecule has 0 unspecified atom stereocenters. The van der Waals surface area contributed by atoms with E-state index in [1.54, 1.807) is 17.9 Å². The molecule has 0 radical (unpaired) electrons. The number of anilines is 1. The van der Waals surface area contributed by atoms with Gasteiger partial charge in [-0.3, -0.25) is 10.00 Å². The molecule has 0 aromatic carbocycles. The number of amides is 1. The van der Waals surface area contributed by atoms with Crippen LogP contribution in [0.5, 0.6) is 0 Å². The molecule has 22 heavy (non-hydrogen) atoms. The molecule has 3 N–H and O–H groups in total. The number of carbonyl (C=O) groups is 1. The van der Waals surface area contributed by atoms with Gasteiger partial charge in [-0.05, 0) is 20.8 Å². The van der Waals surface area contributed by atoms with Crippen molar-refractivity contribution in [2.45, 2.75) is 46.8 Å². The van der Waals surface area contributed by atoms with Crippen molar-refractivity contribution in [1.29, 1.82) is 0 Å². The average molecular weight is 312 g/mol. The summed E-state index contributed by atoms with van der Waals surface area (Å²) >= 11 is 0. The van der Waals surface area contributed by atoms with E-state index in [4.69, 9.17) is 4.74 Å². The molecule has 1 rings (SSSR count). The molecule has 0 bridgehead atoms. The minimum Gasteiger partial charge on any atom is -0.444 e. The standard InChI is InChI=1S/C15H28N4O3/c1-14(2,3)22-13(21)18-12-11(8-17-19(12)6)7-16-9-15(4,5)10-20/h8,16,20H,7,9-10H2,1-6H3,(H,18,21). The molecule has 1 aromatic rings. The van der Waals surface area contributed by atoms with Gasteiger partial charge in [-0.25, -0.2) is 4.79 Å². The predicted octanol–water partition coefficient (Wildman–Crippen LogP) is 1.88. The van der Waals surface area contributed by atoms with Crippen LogP contribution in [0.2, 0.25) is 0 Å². The monoisotopic (exact) mass is 312 g/mol. The second kappa shape index (κ2) is 7.11. The van der Waals surface area contributed by atoms with Crippen molar-refractivity contribution in [3.63, 3.8) is 0 Å². The number of aromatic nitrogens is 2. The van der Waals surface area contributed by atoms with Gasteiger partial charge >= 0.3 is 6.09 Å². The number of rotatable bonds is 6. The quantitative estimate of drug-likeness (QED) is 0.746. The Balaban J connectivity index is 2.65. The van der Waals surface area contributed by atoms with Crippen LogP contribution in [-0.2, 0) is 18.3 Å². The molecular weight excluding hydrogens is 284 g/mol. The Bertz CT molecular complexity index is 503. The summed E-state index contributed by atoms with van der Waals surface area (Å²) in [5.41, 5.74) is 0.120. The highest BCUT2D eigenvalue weighted by molar-refractivity contribution is 5.84. The van der Waals surface area contributed by atoms with E-state index >= 15 is 0 Å². The van der Waals surface area contributed by atoms with E-state index in [1.807, 2.05) is 34.6 Å². The lowest BCUT2D eigenvalue weighted by molar-refractivity contribution is 0.0634. The number of hydrogen-bond donors (Lipinski definition) is 3. The van der Waals surface area contributed by atoms with E-state index in [1.165, 1.54) is 0 Å². The van der Waals surface area contributed by atoms with Gasteiger partial charge < -0.3 is 15.2 Å². The lowest BCUT2D eigenvalue weighted by atomic mass is 9.95. The van der Waals surface area contributed by atoms with Crippen LogP contribution in [0.1, 0.15) is 40.2 Å². The van der Waals surface area contributed by atoms with Crippen LogP contribution in [-0.4, -0.2) is 39.7 Å². The fourth-order valence-corrected chi connectivity index (χ4v) is 1.77. The van der Waals surface area contributed by atoms with Crippen LogP contribution in [0, 0.1) is 5.41 Å². The molecule has 0 atom stereocenters. The Morgan fingerprint density at radius 2 is 2.00 bits per heavy atom. The number of aryl methyl sites for hydroxylation is 1. The zero-order valence-corrected chi connectivity index (χ0v) is 14.4. The average Bonchev–Trinajstić information content (AvgIpc) is 2.69. The van der Waals surface area contributed by atoms with Gasteiger partial charge in [-0.2, -0.15) is 5.10 Å². The van der Waals surface area contributed by atoms with Gasteiger partial charge in [-0.1, -0.05) is 13.8 Å². The van der Waals surface area contributed by atoms with Gasteiger partial charge in [0.25, 0.3) is 0 Å². The molecule has 7 nitrogen and oxygen atoms in total. The molecule has 0 aliphatic rings. The molecule has 1 aromatic heterocycles. The summed E-state index contributed by atoms with van der Waals surface area (Å²) in [5, 5.41) is 19.4. The van der Waals surface area contributed by atoms with Gasteiger partial charge in [-0.15, -0.1) is 0 Å². The van der Waals surface area contributed by atoms with E-state index in [2.05, 4.69) is 15.7 Å². The zero-order valence-electron chi connectivity index (χ0n) is 14.4. The third-order valence-electron chi connectivity index (χ3n) is 2.98. The first kappa shape index (κ1) is 18.4. The predicted molar refractivity (Wildman–Crippen MR) is 85.6 cm³/mol. The highest BCUT2D eigenvalue weighted by Crippen LogP contribution is 2.17. The molecule has 0 aliphatic carbocycles. The third kappa shape index (κ3) is 6.03. The van der Waals surface area contributed by atoms with Crippen LogP contribution in [0.15, 0.2) is 6.20 Å². The van der Waals surface area contributed by atoms with Crippen LogP contribution in [0.3, 0.4) is 0 Å². The Morgan fingerprint density at radius 3 is 2.55 bits per heavy atom. The van der Waals surface area contributed by atoms with Crippen LogP contribution < -0.4 is 10.6 Å². The van der Waals surface area contributed by atoms with Gasteiger partial charge in [0.15, 0.2) is 0 Å². The third-order valence-corrected chi connectivity index (χ3v) is 2.98. The summed E-state index contributed by atoms with van der Waals surface area (Å²) in [7, 11) is 1.76. The fraction of sp³-hybridized carbons (Fsp3) is 0.733. The van der Waals surface area contributed by atoms with Gasteiger partial charge in [0.2, 0.25) is 0 Å². The van der Waals surface area contributed by atoms with Crippen molar-refractivity contribution >= 4 is 11.9 Å². The topological polar surface area (TPSA) is 88.4 Å². The van der Waals surface area contributed by atoms with Crippen molar-refractivity contribution in [1.82, 2.24) is 15.1 Å². The molecule has 1 heterocycles. The van der Waals surface area contributed by atoms with Crippen molar-refractivity contribution in [3.05, 3.63) is 11.8 Å². The van der Waals surface area contributed by atoms with E-state index in [0.29, 0.717) is 18.9 Å². The molecule has 0 saturated carbocycles. The summed E-state index contributed by atoms with van der Waals surface area (Å²) in [6.45, 7) is 10.7. The second-order valence-electron chi connectivity index (χ2n) is 7.19. The Morgan fingerprint density at radius 1 is 1.36 bits per heavy atom. The lowest BCUT2D eigenvalue weighted by Gasteiger charge is -2.22. The first-order chi connectivity index (χ1) is 10.0. The van der Waals surface area contributed by atoms with Gasteiger partial charge in [0.1, 0.15) is 11.4 Å². The largest absolute Gasteiger partial charge is 0.444 e. The lowest BCUT2D eigenvalue weighted by Crippen LogP contribution is -2.32. The number of ether oxygens (including phenoxy) is 1. The number of aliphatic hydroxyl groups excluding tert-OH is 1. The molecular formula is C15H28N4O3.